The molecule has 0 aliphatic carbocycles. The molecule has 0 saturated heterocycles. The summed E-state index contributed by atoms with van der Waals surface area (Å²) in [6.45, 7) is 1.41. The van der Waals surface area contributed by atoms with Gasteiger partial charge in [-0.2, -0.15) is 5.10 Å². The lowest BCUT2D eigenvalue weighted by atomic mass is 9.94. The molecule has 1 aromatic heterocycles. The number of halogens is 2. The minimum Gasteiger partial charge on any atom is -0.497 e. The van der Waals surface area contributed by atoms with Crippen LogP contribution in [-0.4, -0.2) is 42.4 Å². The van der Waals surface area contributed by atoms with Gasteiger partial charge in [0.05, 0.1) is 33.8 Å². The summed E-state index contributed by atoms with van der Waals surface area (Å²) >= 11 is 12.2. The van der Waals surface area contributed by atoms with Crippen LogP contribution in [0.25, 0.3) is 0 Å². The van der Waals surface area contributed by atoms with Crippen molar-refractivity contribution in [1.29, 1.82) is 0 Å². The zero-order valence-electron chi connectivity index (χ0n) is 18.3. The first kappa shape index (κ1) is 24.6. The fourth-order valence-electron chi connectivity index (χ4n) is 3.81. The molecule has 0 saturated carbocycles. The Morgan fingerprint density at radius 1 is 1.09 bits per heavy atom. The Kier molecular flexibility index (Phi) is 6.50. The number of ether oxygens (including phenoxy) is 1. The molecular formula is C22H18Cl2N4O6S. The number of hydrogen-bond donors (Lipinski definition) is 2. The standard InChI is InChI=1S/C22H18Cl2N4O6S/c1-12-19(21(29)26-35(32,33)15-6-4-14(34-2)5-7-15)20(13-3-8-16(23)17(24)11-13)28-18(9-10-25-28)27(12)22(30)31/h3-11,20H,1-2H3,(H,26,29)(H,30,31). The molecule has 2 amide bonds. The zero-order chi connectivity index (χ0) is 25.5. The Hall–Kier alpha value is -3.54. The third-order valence-electron chi connectivity index (χ3n) is 5.41. The Morgan fingerprint density at radius 2 is 1.77 bits per heavy atom. The van der Waals surface area contributed by atoms with Crippen LogP contribution in [-0.2, 0) is 14.8 Å². The number of methoxy groups -OCH3 is 1. The van der Waals surface area contributed by atoms with Crippen molar-refractivity contribution >= 4 is 51.0 Å². The topological polar surface area (TPSA) is 131 Å². The van der Waals surface area contributed by atoms with Crippen molar-refractivity contribution in [1.82, 2.24) is 14.5 Å². The number of benzene rings is 2. The van der Waals surface area contributed by atoms with Gasteiger partial charge in [-0.3, -0.25) is 4.79 Å². The average Bonchev–Trinajstić information content (AvgIpc) is 3.28. The van der Waals surface area contributed by atoms with Crippen molar-refractivity contribution in [2.45, 2.75) is 17.9 Å². The van der Waals surface area contributed by atoms with Crippen LogP contribution in [0.5, 0.6) is 5.75 Å². The van der Waals surface area contributed by atoms with Crippen molar-refractivity contribution in [2.24, 2.45) is 0 Å². The maximum absolute atomic E-state index is 13.5. The van der Waals surface area contributed by atoms with E-state index in [-0.39, 0.29) is 32.0 Å². The molecular weight excluding hydrogens is 519 g/mol. The highest BCUT2D eigenvalue weighted by atomic mass is 35.5. The summed E-state index contributed by atoms with van der Waals surface area (Å²) in [4.78, 5) is 26.2. The first-order valence-electron chi connectivity index (χ1n) is 9.98. The molecule has 2 aromatic carbocycles. The SMILES string of the molecule is COc1ccc(S(=O)(=O)NC(=O)C2=C(C)N(C(=O)O)c3ccnn3C2c2ccc(Cl)c(Cl)c2)cc1. The first-order valence-corrected chi connectivity index (χ1v) is 12.2. The van der Waals surface area contributed by atoms with Crippen LogP contribution in [0.1, 0.15) is 18.5 Å². The molecule has 2 heterocycles. The van der Waals surface area contributed by atoms with Gasteiger partial charge < -0.3 is 9.84 Å². The lowest BCUT2D eigenvalue weighted by Gasteiger charge is -2.34. The number of rotatable bonds is 5. The summed E-state index contributed by atoms with van der Waals surface area (Å²) in [7, 11) is -2.88. The predicted octanol–water partition coefficient (Wildman–Crippen LogP) is 4.07. The third-order valence-corrected chi connectivity index (χ3v) is 7.50. The lowest BCUT2D eigenvalue weighted by Crippen LogP contribution is -2.42. The number of nitrogens with one attached hydrogen (secondary N) is 1. The molecule has 1 aliphatic rings. The Labute approximate surface area is 210 Å². The second-order valence-electron chi connectivity index (χ2n) is 7.44. The summed E-state index contributed by atoms with van der Waals surface area (Å²) in [5.41, 5.74) is 0.295. The van der Waals surface area contributed by atoms with E-state index in [2.05, 4.69) is 5.10 Å². The molecule has 182 valence electrons. The number of hydrogen-bond acceptors (Lipinski definition) is 6. The van der Waals surface area contributed by atoms with Gasteiger partial charge in [-0.25, -0.2) is 27.5 Å². The second-order valence-corrected chi connectivity index (χ2v) is 9.93. The lowest BCUT2D eigenvalue weighted by molar-refractivity contribution is -0.116. The average molecular weight is 537 g/mol. The van der Waals surface area contributed by atoms with E-state index in [4.69, 9.17) is 27.9 Å². The molecule has 4 rings (SSSR count). The summed E-state index contributed by atoms with van der Waals surface area (Å²) in [6.07, 6.45) is -0.00182. The molecule has 3 aromatic rings. The summed E-state index contributed by atoms with van der Waals surface area (Å²) in [5, 5.41) is 14.5. The van der Waals surface area contributed by atoms with Crippen LogP contribution < -0.4 is 14.4 Å². The van der Waals surface area contributed by atoms with Gasteiger partial charge in [0.2, 0.25) is 0 Å². The predicted molar refractivity (Wildman–Crippen MR) is 128 cm³/mol. The van der Waals surface area contributed by atoms with Crippen molar-refractivity contribution in [3.63, 3.8) is 0 Å². The zero-order valence-corrected chi connectivity index (χ0v) is 20.6. The first-order chi connectivity index (χ1) is 16.5. The van der Waals surface area contributed by atoms with E-state index in [0.29, 0.717) is 11.3 Å². The number of sulfonamides is 1. The van der Waals surface area contributed by atoms with E-state index in [1.807, 2.05) is 4.72 Å². The molecule has 1 aliphatic heterocycles. The van der Waals surface area contributed by atoms with E-state index in [0.717, 1.165) is 4.90 Å². The Morgan fingerprint density at radius 3 is 2.37 bits per heavy atom. The number of fused-ring (bicyclic) bond motifs is 1. The van der Waals surface area contributed by atoms with Gasteiger partial charge in [0.25, 0.3) is 15.9 Å². The van der Waals surface area contributed by atoms with Crippen LogP contribution in [0.4, 0.5) is 10.6 Å². The summed E-state index contributed by atoms with van der Waals surface area (Å²) < 4.78 is 34.3. The number of allylic oxidation sites excluding steroid dienone is 1. The van der Waals surface area contributed by atoms with Crippen molar-refractivity contribution in [3.8, 4) is 5.75 Å². The van der Waals surface area contributed by atoms with E-state index in [1.165, 1.54) is 67.4 Å². The molecule has 13 heteroatoms. The van der Waals surface area contributed by atoms with Crippen LogP contribution in [0.2, 0.25) is 10.0 Å². The third kappa shape index (κ3) is 4.45. The highest BCUT2D eigenvalue weighted by molar-refractivity contribution is 7.90. The minimum absolute atomic E-state index is 0.00371. The van der Waals surface area contributed by atoms with E-state index in [1.54, 1.807) is 6.07 Å². The molecule has 0 bridgehead atoms. The van der Waals surface area contributed by atoms with Gasteiger partial charge >= 0.3 is 6.09 Å². The van der Waals surface area contributed by atoms with Gasteiger partial charge in [-0.15, -0.1) is 0 Å². The van der Waals surface area contributed by atoms with E-state index < -0.39 is 28.1 Å². The molecule has 1 atom stereocenters. The van der Waals surface area contributed by atoms with Crippen molar-refractivity contribution in [3.05, 3.63) is 81.6 Å². The molecule has 0 spiro atoms. The largest absolute Gasteiger partial charge is 0.497 e. The number of carbonyl (C=O) groups is 2. The molecule has 0 fully saturated rings. The van der Waals surface area contributed by atoms with Gasteiger partial charge in [0.1, 0.15) is 17.6 Å². The number of amides is 2. The molecule has 10 nitrogen and oxygen atoms in total. The highest BCUT2D eigenvalue weighted by Gasteiger charge is 2.39. The van der Waals surface area contributed by atoms with Crippen LogP contribution in [0.3, 0.4) is 0 Å². The maximum atomic E-state index is 13.5. The quantitative estimate of drug-likeness (QED) is 0.502. The van der Waals surface area contributed by atoms with Gasteiger partial charge in [-0.1, -0.05) is 29.3 Å². The fourth-order valence-corrected chi connectivity index (χ4v) is 5.08. The normalized spacial score (nSPS) is 15.5. The van der Waals surface area contributed by atoms with Gasteiger partial charge in [-0.05, 0) is 48.9 Å². The van der Waals surface area contributed by atoms with Crippen LogP contribution in [0.15, 0.2) is 70.9 Å². The molecule has 1 unspecified atom stereocenters. The monoisotopic (exact) mass is 536 g/mol. The Balaban J connectivity index is 1.83. The van der Waals surface area contributed by atoms with Crippen molar-refractivity contribution in [2.75, 3.05) is 12.0 Å². The number of carboxylic acid groups (broad SMARTS) is 1. The number of carbonyl (C=O) groups excluding carboxylic acids is 1. The van der Waals surface area contributed by atoms with Crippen LogP contribution in [0, 0.1) is 0 Å². The van der Waals surface area contributed by atoms with Crippen molar-refractivity contribution < 1.29 is 27.9 Å². The van der Waals surface area contributed by atoms with E-state index >= 15 is 0 Å². The second kappa shape index (κ2) is 9.25. The molecule has 35 heavy (non-hydrogen) atoms. The highest BCUT2D eigenvalue weighted by Crippen LogP contribution is 2.40. The van der Waals surface area contributed by atoms with Crippen LogP contribution >= 0.6 is 23.2 Å². The van der Waals surface area contributed by atoms with E-state index in [9.17, 15) is 23.1 Å². The summed E-state index contributed by atoms with van der Waals surface area (Å²) in [5.74, 6) is -0.425. The number of anilines is 1. The maximum Gasteiger partial charge on any atom is 0.417 e. The van der Waals surface area contributed by atoms with Gasteiger partial charge in [0, 0.05) is 11.8 Å². The molecule has 2 N–H and O–H groups in total. The number of aromatic nitrogens is 2. The smallest absolute Gasteiger partial charge is 0.417 e. The Bertz CT molecular complexity index is 1470. The van der Waals surface area contributed by atoms with Gasteiger partial charge in [0.15, 0.2) is 0 Å². The fraction of sp³-hybridized carbons (Fsp3) is 0.136. The summed E-state index contributed by atoms with van der Waals surface area (Å²) in [6, 6.07) is 10.5. The minimum atomic E-state index is -4.31. The number of nitrogens with zero attached hydrogens (tertiary/aromatic N) is 3. The molecule has 0 radical (unpaired) electrons.